The van der Waals surface area contributed by atoms with E-state index in [2.05, 4.69) is 9.97 Å². The van der Waals surface area contributed by atoms with E-state index in [9.17, 15) is 22.8 Å². The molecule has 32 heavy (non-hydrogen) atoms. The summed E-state index contributed by atoms with van der Waals surface area (Å²) in [5, 5.41) is 0.552. The normalized spacial score (nSPS) is 16.9. The number of hydrogen-bond donors (Lipinski definition) is 0. The molecular weight excluding hydrogens is 468 g/mol. The topological polar surface area (TPSA) is 66.4 Å². The number of amides is 2. The van der Waals surface area contributed by atoms with Gasteiger partial charge in [-0.3, -0.25) is 14.7 Å². The van der Waals surface area contributed by atoms with Gasteiger partial charge >= 0.3 is 12.2 Å². The molecule has 0 saturated carbocycles. The molecule has 3 heterocycles. The number of rotatable bonds is 7. The van der Waals surface area contributed by atoms with Crippen LogP contribution in [-0.2, 0) is 17.4 Å². The molecule has 11 heteroatoms. The van der Waals surface area contributed by atoms with E-state index in [-0.39, 0.29) is 53.0 Å². The van der Waals surface area contributed by atoms with Gasteiger partial charge in [-0.15, -0.1) is 0 Å². The van der Waals surface area contributed by atoms with Crippen molar-refractivity contribution < 1.29 is 22.8 Å². The van der Waals surface area contributed by atoms with Crippen LogP contribution in [0.3, 0.4) is 0 Å². The highest BCUT2D eigenvalue weighted by molar-refractivity contribution is 6.41. The van der Waals surface area contributed by atoms with E-state index in [1.165, 1.54) is 28.1 Å². The van der Waals surface area contributed by atoms with Crippen LogP contribution in [0.1, 0.15) is 31.7 Å². The van der Waals surface area contributed by atoms with Gasteiger partial charge in [-0.25, -0.2) is 9.78 Å². The van der Waals surface area contributed by atoms with Crippen LogP contribution in [0.2, 0.25) is 10.0 Å². The molecule has 2 aromatic heterocycles. The molecule has 0 bridgehead atoms. The second-order valence-electron chi connectivity index (χ2n) is 8.01. The number of ketones is 1. The highest BCUT2D eigenvalue weighted by Crippen LogP contribution is 2.31. The van der Waals surface area contributed by atoms with Gasteiger partial charge in [0, 0.05) is 18.4 Å². The molecule has 2 amide bonds. The summed E-state index contributed by atoms with van der Waals surface area (Å²) in [5.41, 5.74) is -0.356. The average molecular weight is 489 g/mol. The van der Waals surface area contributed by atoms with Gasteiger partial charge in [0.2, 0.25) is 0 Å². The average Bonchev–Trinajstić information content (AvgIpc) is 2.99. The fourth-order valence-electron chi connectivity index (χ4n) is 3.57. The largest absolute Gasteiger partial charge is 0.433 e. The first-order valence-electron chi connectivity index (χ1n) is 9.88. The monoisotopic (exact) mass is 488 g/mol. The van der Waals surface area contributed by atoms with Gasteiger partial charge in [-0.1, -0.05) is 37.0 Å². The van der Waals surface area contributed by atoms with E-state index in [0.717, 1.165) is 12.3 Å². The Hall–Kier alpha value is -2.39. The van der Waals surface area contributed by atoms with Gasteiger partial charge in [-0.2, -0.15) is 13.2 Å². The van der Waals surface area contributed by atoms with Crippen molar-refractivity contribution in [3.63, 3.8) is 0 Å². The zero-order chi connectivity index (χ0) is 23.6. The summed E-state index contributed by atoms with van der Waals surface area (Å²) in [6.45, 7) is 4.09. The molecular formula is C21H21Cl2F3N4O2. The first kappa shape index (κ1) is 24.3. The predicted molar refractivity (Wildman–Crippen MR) is 115 cm³/mol. The summed E-state index contributed by atoms with van der Waals surface area (Å²) >= 11 is 11.8. The summed E-state index contributed by atoms with van der Waals surface area (Å²) < 4.78 is 38.4. The number of halogens is 5. The van der Waals surface area contributed by atoms with Crippen LogP contribution in [0.5, 0.6) is 0 Å². The Labute approximate surface area is 193 Å². The minimum absolute atomic E-state index is 0.0309. The summed E-state index contributed by atoms with van der Waals surface area (Å²) in [5.74, 6) is -0.00166. The SMILES string of the molecule is CC(C)C[C@H]1CN(c2ccc(C(F)(F)F)nc2)C(=O)N1CC(=O)Cc1cc(Cl)c(Cl)cn1. The van der Waals surface area contributed by atoms with Crippen molar-refractivity contribution in [2.75, 3.05) is 18.0 Å². The lowest BCUT2D eigenvalue weighted by atomic mass is 10.0. The lowest BCUT2D eigenvalue weighted by Gasteiger charge is -2.23. The molecule has 0 aromatic carbocycles. The third kappa shape index (κ3) is 5.69. The lowest BCUT2D eigenvalue weighted by molar-refractivity contribution is -0.141. The van der Waals surface area contributed by atoms with Crippen LogP contribution in [0.4, 0.5) is 23.7 Å². The molecule has 1 aliphatic heterocycles. The second kappa shape index (κ2) is 9.62. The number of hydrogen-bond acceptors (Lipinski definition) is 4. The van der Waals surface area contributed by atoms with Crippen molar-refractivity contribution in [2.24, 2.45) is 5.92 Å². The number of carbonyl (C=O) groups excluding carboxylic acids is 2. The van der Waals surface area contributed by atoms with Crippen LogP contribution in [0.25, 0.3) is 0 Å². The van der Waals surface area contributed by atoms with Gasteiger partial charge in [0.15, 0.2) is 5.78 Å². The Morgan fingerprint density at radius 3 is 2.47 bits per heavy atom. The summed E-state index contributed by atoms with van der Waals surface area (Å²) in [7, 11) is 0. The van der Waals surface area contributed by atoms with E-state index in [0.29, 0.717) is 12.1 Å². The van der Waals surface area contributed by atoms with Gasteiger partial charge < -0.3 is 4.90 Å². The third-order valence-electron chi connectivity index (χ3n) is 4.99. The standard InChI is InChI=1S/C21H21Cl2F3N4O2/c1-12(2)5-15-10-29(14-3-4-19(28-8-14)21(24,25)26)20(32)30(15)11-16(31)6-13-7-17(22)18(23)9-27-13/h3-4,7-9,12,15H,5-6,10-11H2,1-2H3/t15-/m0/s1. The molecule has 6 nitrogen and oxygen atoms in total. The Balaban J connectivity index is 1.76. The summed E-state index contributed by atoms with van der Waals surface area (Å²) in [6, 6.07) is 2.83. The fourth-order valence-corrected chi connectivity index (χ4v) is 3.85. The molecule has 1 saturated heterocycles. The predicted octanol–water partition coefficient (Wildman–Crippen LogP) is 5.27. The van der Waals surface area contributed by atoms with Gasteiger partial charge in [0.1, 0.15) is 5.69 Å². The van der Waals surface area contributed by atoms with Crippen molar-refractivity contribution >= 4 is 40.7 Å². The van der Waals surface area contributed by atoms with Gasteiger partial charge in [-0.05, 0) is 30.5 Å². The maximum atomic E-state index is 13.1. The van der Waals surface area contributed by atoms with Crippen molar-refractivity contribution in [1.82, 2.24) is 14.9 Å². The first-order chi connectivity index (χ1) is 15.0. The number of Topliss-reactive ketones (excluding diaryl/α,β-unsaturated/α-hetero) is 1. The smallest absolute Gasteiger partial charge is 0.312 e. The molecule has 1 aliphatic rings. The van der Waals surface area contributed by atoms with Crippen molar-refractivity contribution in [3.8, 4) is 0 Å². The number of urea groups is 1. The molecule has 172 valence electrons. The van der Waals surface area contributed by atoms with Crippen LogP contribution >= 0.6 is 23.2 Å². The van der Waals surface area contributed by atoms with Crippen molar-refractivity contribution in [2.45, 2.75) is 38.9 Å². The molecule has 2 aromatic rings. The lowest BCUT2D eigenvalue weighted by Crippen LogP contribution is -2.40. The van der Waals surface area contributed by atoms with E-state index in [1.54, 1.807) is 0 Å². The van der Waals surface area contributed by atoms with Crippen LogP contribution in [0.15, 0.2) is 30.6 Å². The molecule has 0 aliphatic carbocycles. The minimum Gasteiger partial charge on any atom is -0.312 e. The molecule has 0 radical (unpaired) electrons. The second-order valence-corrected chi connectivity index (χ2v) is 8.82. The number of anilines is 1. The van der Waals surface area contributed by atoms with E-state index >= 15 is 0 Å². The maximum Gasteiger partial charge on any atom is 0.433 e. The quantitative estimate of drug-likeness (QED) is 0.532. The van der Waals surface area contributed by atoms with Gasteiger partial charge in [0.25, 0.3) is 0 Å². The van der Waals surface area contributed by atoms with Crippen molar-refractivity contribution in [3.05, 3.63) is 52.0 Å². The van der Waals surface area contributed by atoms with Crippen LogP contribution in [0, 0.1) is 5.92 Å². The minimum atomic E-state index is -4.56. The number of aromatic nitrogens is 2. The molecule has 0 unspecified atom stereocenters. The molecule has 0 N–H and O–H groups in total. The summed E-state index contributed by atoms with van der Waals surface area (Å²) in [6.07, 6.45) is -1.58. The maximum absolute atomic E-state index is 13.1. The van der Waals surface area contributed by atoms with Crippen molar-refractivity contribution in [1.29, 1.82) is 0 Å². The molecule has 1 fully saturated rings. The first-order valence-corrected chi connectivity index (χ1v) is 10.6. The zero-order valence-electron chi connectivity index (χ0n) is 17.4. The van der Waals surface area contributed by atoms with E-state index < -0.39 is 17.9 Å². The number of nitrogens with zero attached hydrogens (tertiary/aromatic N) is 4. The highest BCUT2D eigenvalue weighted by atomic mass is 35.5. The Bertz CT molecular complexity index is 1000. The summed E-state index contributed by atoms with van der Waals surface area (Å²) in [4.78, 5) is 36.1. The number of carbonyl (C=O) groups is 2. The highest BCUT2D eigenvalue weighted by Gasteiger charge is 2.40. The van der Waals surface area contributed by atoms with E-state index in [1.807, 2.05) is 13.8 Å². The Kier molecular flexibility index (Phi) is 7.29. The number of alkyl halides is 3. The van der Waals surface area contributed by atoms with Gasteiger partial charge in [0.05, 0.1) is 40.9 Å². The van der Waals surface area contributed by atoms with Crippen LogP contribution in [-0.4, -0.2) is 45.8 Å². The Morgan fingerprint density at radius 2 is 1.91 bits per heavy atom. The van der Waals surface area contributed by atoms with E-state index in [4.69, 9.17) is 23.2 Å². The molecule has 0 spiro atoms. The fraction of sp³-hybridized carbons (Fsp3) is 0.429. The molecule has 3 rings (SSSR count). The zero-order valence-corrected chi connectivity index (χ0v) is 18.9. The molecule has 1 atom stereocenters. The van der Waals surface area contributed by atoms with Crippen LogP contribution < -0.4 is 4.90 Å². The third-order valence-corrected chi connectivity index (χ3v) is 5.70. The Morgan fingerprint density at radius 1 is 1.19 bits per heavy atom. The number of pyridine rings is 2.